The van der Waals surface area contributed by atoms with Gasteiger partial charge in [0.25, 0.3) is 0 Å². The van der Waals surface area contributed by atoms with Crippen molar-refractivity contribution >= 4 is 19.5 Å². The van der Waals surface area contributed by atoms with Crippen molar-refractivity contribution in [3.63, 3.8) is 0 Å². The van der Waals surface area contributed by atoms with Crippen molar-refractivity contribution in [1.29, 1.82) is 0 Å². The van der Waals surface area contributed by atoms with Crippen molar-refractivity contribution in [2.24, 2.45) is 0 Å². The number of hydrogen-bond donors (Lipinski definition) is 2. The molecular formula is C34H48FN4O7P. The minimum absolute atomic E-state index is 0.0134. The van der Waals surface area contributed by atoms with Gasteiger partial charge in [0.15, 0.2) is 11.9 Å². The summed E-state index contributed by atoms with van der Waals surface area (Å²) in [5.41, 5.74) is 2.46. The molecule has 0 aromatic carbocycles. The summed E-state index contributed by atoms with van der Waals surface area (Å²) in [5, 5.41) is 2.68. The Morgan fingerprint density at radius 3 is 2.21 bits per heavy atom. The summed E-state index contributed by atoms with van der Waals surface area (Å²) in [4.78, 5) is 28.0. The van der Waals surface area contributed by atoms with Crippen molar-refractivity contribution in [3.8, 4) is 0 Å². The van der Waals surface area contributed by atoms with Crippen LogP contribution in [0.1, 0.15) is 71.4 Å². The molecule has 5 atom stereocenters. The van der Waals surface area contributed by atoms with E-state index < -0.39 is 37.6 Å². The number of anilines is 1. The number of alkyl halides is 1. The molecule has 0 bridgehead atoms. The van der Waals surface area contributed by atoms with Crippen LogP contribution < -0.4 is 16.7 Å². The van der Waals surface area contributed by atoms with Crippen LogP contribution >= 0.6 is 7.82 Å². The zero-order chi connectivity index (χ0) is 34.0. The quantitative estimate of drug-likeness (QED) is 0.0944. The first kappa shape index (κ1) is 38.0. The molecular weight excluding hydrogens is 626 g/mol. The maximum atomic E-state index is 15.8. The van der Waals surface area contributed by atoms with Crippen molar-refractivity contribution in [1.82, 2.24) is 14.9 Å². The van der Waals surface area contributed by atoms with E-state index in [1.54, 1.807) is 0 Å². The van der Waals surface area contributed by atoms with E-state index in [0.29, 0.717) is 6.42 Å². The zero-order valence-corrected chi connectivity index (χ0v) is 28.1. The summed E-state index contributed by atoms with van der Waals surface area (Å²) in [6.07, 6.45) is 29.7. The molecule has 1 aromatic heterocycles. The van der Waals surface area contributed by atoms with Crippen LogP contribution in [0.25, 0.3) is 0 Å². The van der Waals surface area contributed by atoms with Gasteiger partial charge in [-0.1, -0.05) is 79.8 Å². The highest BCUT2D eigenvalue weighted by molar-refractivity contribution is 7.48. The molecule has 3 rings (SSSR count). The van der Waals surface area contributed by atoms with E-state index >= 15 is 4.39 Å². The number of halogens is 1. The predicted molar refractivity (Wildman–Crippen MR) is 181 cm³/mol. The standard InChI is InChI=1S/C34H48FN4O7P/c1-3-4-5-6-7-8-9-10-11-12-13-14-15-16-17-18-19-20-21-22-30(40)37-24-26-43-47(42)44-27-28-31(46-47)34(2,35)32(45-28)39-25-23-29(36)38-33(39)41/h4-5,7-8,10-11,13-14,16-17,19-20,23,25,28,31-32H,3,6,9,12,15,18,21-22,24,26-27H2,1-2H3,(H,37,40)(H2,36,38,41). The Kier molecular flexibility index (Phi) is 16.2. The lowest BCUT2D eigenvalue weighted by molar-refractivity contribution is -0.121. The van der Waals surface area contributed by atoms with Gasteiger partial charge in [-0.2, -0.15) is 4.98 Å². The monoisotopic (exact) mass is 674 g/mol. The van der Waals surface area contributed by atoms with Crippen molar-refractivity contribution in [2.75, 3.05) is 25.5 Å². The number of rotatable bonds is 19. The predicted octanol–water partition coefficient (Wildman–Crippen LogP) is 6.59. The number of nitrogens with one attached hydrogen (secondary N) is 1. The highest BCUT2D eigenvalue weighted by Crippen LogP contribution is 2.59. The van der Waals surface area contributed by atoms with Gasteiger partial charge in [-0.05, 0) is 57.9 Å². The molecule has 5 unspecified atom stereocenters. The minimum Gasteiger partial charge on any atom is -0.383 e. The van der Waals surface area contributed by atoms with E-state index in [1.165, 1.54) is 19.2 Å². The molecule has 0 saturated carbocycles. The van der Waals surface area contributed by atoms with Gasteiger partial charge in [0.05, 0.1) is 13.2 Å². The van der Waals surface area contributed by atoms with Crippen LogP contribution in [0.2, 0.25) is 0 Å². The third-order valence-electron chi connectivity index (χ3n) is 7.23. The smallest absolute Gasteiger partial charge is 0.383 e. The van der Waals surface area contributed by atoms with E-state index in [4.69, 9.17) is 24.0 Å². The van der Waals surface area contributed by atoms with E-state index in [2.05, 4.69) is 78.0 Å². The van der Waals surface area contributed by atoms with E-state index in [9.17, 15) is 14.2 Å². The summed E-state index contributed by atoms with van der Waals surface area (Å²) >= 11 is 0. The largest absolute Gasteiger partial charge is 0.475 e. The molecule has 11 nitrogen and oxygen atoms in total. The fourth-order valence-electron chi connectivity index (χ4n) is 4.81. The number of amides is 1. The second kappa shape index (κ2) is 20.1. The molecule has 2 saturated heterocycles. The van der Waals surface area contributed by atoms with Gasteiger partial charge < -0.3 is 15.8 Å². The number of aromatic nitrogens is 2. The molecule has 0 aliphatic carbocycles. The van der Waals surface area contributed by atoms with Crippen LogP contribution in [0.3, 0.4) is 0 Å². The Labute approximate surface area is 276 Å². The van der Waals surface area contributed by atoms with Crippen LogP contribution in [-0.4, -0.2) is 53.1 Å². The fraction of sp³-hybridized carbons (Fsp3) is 0.500. The molecule has 2 aliphatic rings. The van der Waals surface area contributed by atoms with Gasteiger partial charge >= 0.3 is 13.5 Å². The summed E-state index contributed by atoms with van der Waals surface area (Å²) < 4.78 is 51.4. The number of allylic oxidation sites excluding steroid dienone is 12. The van der Waals surface area contributed by atoms with E-state index in [0.717, 1.165) is 43.1 Å². The van der Waals surface area contributed by atoms with Crippen molar-refractivity contribution in [3.05, 3.63) is 95.7 Å². The van der Waals surface area contributed by atoms with Crippen LogP contribution in [0.15, 0.2) is 90.0 Å². The molecule has 47 heavy (non-hydrogen) atoms. The van der Waals surface area contributed by atoms with Gasteiger partial charge in [0.2, 0.25) is 5.91 Å². The zero-order valence-electron chi connectivity index (χ0n) is 27.2. The first-order valence-corrected chi connectivity index (χ1v) is 17.6. The molecule has 0 spiro atoms. The van der Waals surface area contributed by atoms with Gasteiger partial charge in [-0.3, -0.25) is 22.9 Å². The Morgan fingerprint density at radius 1 is 1.06 bits per heavy atom. The second-order valence-electron chi connectivity index (χ2n) is 11.1. The molecule has 0 radical (unpaired) electrons. The highest BCUT2D eigenvalue weighted by atomic mass is 31.2. The Bertz CT molecular complexity index is 1420. The first-order chi connectivity index (χ1) is 22.7. The van der Waals surface area contributed by atoms with Crippen molar-refractivity contribution < 1.29 is 32.1 Å². The van der Waals surface area contributed by atoms with Gasteiger partial charge in [-0.25, -0.2) is 13.8 Å². The van der Waals surface area contributed by atoms with Crippen LogP contribution in [0.4, 0.5) is 10.2 Å². The molecule has 1 amide bonds. The number of nitrogens with two attached hydrogens (primary N) is 1. The number of phosphoric acid groups is 1. The van der Waals surface area contributed by atoms with Crippen LogP contribution in [0, 0.1) is 0 Å². The Hall–Kier alpha value is -3.41. The SMILES string of the molecule is CCC=CCC=CCC=CCC=CCC=CCC=CCCC(=O)NCCOP1(=O)OCC2OC(n3ccc(N)nc3=O)C(C)(F)C2O1. The van der Waals surface area contributed by atoms with E-state index in [1.807, 2.05) is 12.2 Å². The lowest BCUT2D eigenvalue weighted by atomic mass is 9.98. The number of fused-ring (bicyclic) bond motifs is 1. The number of nitrogens with zero attached hydrogens (tertiary/aromatic N) is 2. The summed E-state index contributed by atoms with van der Waals surface area (Å²) in [6.45, 7) is 2.93. The molecule has 3 N–H and O–H groups in total. The maximum Gasteiger partial charge on any atom is 0.475 e. The number of ether oxygens (including phenoxy) is 1. The molecule has 3 heterocycles. The topological polar surface area (TPSA) is 144 Å². The minimum atomic E-state index is -4.14. The number of carbonyl (C=O) groups is 1. The Morgan fingerprint density at radius 2 is 1.64 bits per heavy atom. The number of phosphoric ester groups is 1. The molecule has 2 aliphatic heterocycles. The summed E-state index contributed by atoms with van der Waals surface area (Å²) in [7, 11) is -4.14. The van der Waals surface area contributed by atoms with Crippen molar-refractivity contribution in [2.45, 2.75) is 89.3 Å². The lowest BCUT2D eigenvalue weighted by Gasteiger charge is -2.33. The third kappa shape index (κ3) is 13.0. The van der Waals surface area contributed by atoms with Crippen LogP contribution in [-0.2, 0) is 27.7 Å². The van der Waals surface area contributed by atoms with Gasteiger partial charge in [0.1, 0.15) is 18.0 Å². The van der Waals surface area contributed by atoms with Gasteiger partial charge in [0, 0.05) is 19.2 Å². The summed E-state index contributed by atoms with van der Waals surface area (Å²) in [5.74, 6) is -0.205. The molecule has 13 heteroatoms. The molecule has 258 valence electrons. The Balaban J connectivity index is 1.24. The average molecular weight is 675 g/mol. The molecule has 2 fully saturated rings. The maximum absolute atomic E-state index is 15.8. The van der Waals surface area contributed by atoms with Gasteiger partial charge in [-0.15, -0.1) is 0 Å². The summed E-state index contributed by atoms with van der Waals surface area (Å²) in [6, 6.07) is 1.34. The lowest BCUT2D eigenvalue weighted by Crippen LogP contribution is -2.46. The first-order valence-electron chi connectivity index (χ1n) is 16.1. The number of hydrogen-bond acceptors (Lipinski definition) is 9. The normalized spacial score (nSPS) is 26.6. The third-order valence-corrected chi connectivity index (χ3v) is 8.68. The van der Waals surface area contributed by atoms with E-state index in [-0.39, 0.29) is 37.9 Å². The second-order valence-corrected chi connectivity index (χ2v) is 12.7. The number of nitrogen functional groups attached to an aromatic ring is 1. The molecule has 1 aromatic rings. The highest BCUT2D eigenvalue weighted by Gasteiger charge is 2.61. The fourth-order valence-corrected chi connectivity index (χ4v) is 6.27. The van der Waals surface area contributed by atoms with Crippen LogP contribution in [0.5, 0.6) is 0 Å². The number of carbonyl (C=O) groups excluding carboxylic acids is 1. The average Bonchev–Trinajstić information content (AvgIpc) is 3.29.